The summed E-state index contributed by atoms with van der Waals surface area (Å²) in [6, 6.07) is -0.808. The van der Waals surface area contributed by atoms with Crippen LogP contribution in [0.3, 0.4) is 0 Å². The molecule has 1 heterocycles. The summed E-state index contributed by atoms with van der Waals surface area (Å²) in [5.74, 6) is 0. The molecule has 4 atom stereocenters. The quantitative estimate of drug-likeness (QED) is 0.389. The molecule has 9 nitrogen and oxygen atoms in total. The third-order valence-corrected chi connectivity index (χ3v) is 4.93. The van der Waals surface area contributed by atoms with Crippen LogP contribution in [0, 0.1) is 5.41 Å². The SMILES string of the molecule is [B]C1O[C@H](COP(=O)(O)OP(=O)(O)O)[C@@H](O)C1(C)C. The molecule has 1 fully saturated rings. The lowest BCUT2D eigenvalue weighted by atomic mass is 9.73. The van der Waals surface area contributed by atoms with Crippen LogP contribution in [0.5, 0.6) is 0 Å². The summed E-state index contributed by atoms with van der Waals surface area (Å²) in [7, 11) is -4.51. The van der Waals surface area contributed by atoms with Gasteiger partial charge in [0.15, 0.2) is 0 Å². The predicted molar refractivity (Wildman–Crippen MR) is 63.1 cm³/mol. The van der Waals surface area contributed by atoms with Crippen LogP contribution >= 0.6 is 15.6 Å². The van der Waals surface area contributed by atoms with E-state index < -0.39 is 45.9 Å². The lowest BCUT2D eigenvalue weighted by molar-refractivity contribution is -0.00712. The molecule has 0 amide bonds. The second-order valence-corrected chi connectivity index (χ2v) is 7.53. The van der Waals surface area contributed by atoms with Crippen molar-refractivity contribution in [2.45, 2.75) is 32.1 Å². The Kier molecular flexibility index (Phi) is 5.06. The second-order valence-electron chi connectivity index (χ2n) is 4.70. The maximum Gasteiger partial charge on any atom is 0.481 e. The van der Waals surface area contributed by atoms with E-state index in [9.17, 15) is 14.2 Å². The molecule has 0 aromatic rings. The van der Waals surface area contributed by atoms with Gasteiger partial charge in [0.1, 0.15) is 14.0 Å². The fourth-order valence-electron chi connectivity index (χ4n) is 1.54. The Morgan fingerprint density at radius 1 is 1.32 bits per heavy atom. The van der Waals surface area contributed by atoms with E-state index in [2.05, 4.69) is 8.83 Å². The van der Waals surface area contributed by atoms with Crippen LogP contribution in [0.15, 0.2) is 0 Å². The first-order chi connectivity index (χ1) is 8.35. The summed E-state index contributed by atoms with van der Waals surface area (Å²) in [4.78, 5) is 25.8. The van der Waals surface area contributed by atoms with Crippen molar-refractivity contribution in [2.24, 2.45) is 5.41 Å². The lowest BCUT2D eigenvalue weighted by Gasteiger charge is -2.26. The molecule has 0 aromatic carbocycles. The highest BCUT2D eigenvalue weighted by molar-refractivity contribution is 7.60. The molecule has 110 valence electrons. The maximum absolute atomic E-state index is 11.2. The summed E-state index contributed by atoms with van der Waals surface area (Å²) < 4.78 is 34.7. The highest BCUT2D eigenvalue weighted by Crippen LogP contribution is 2.57. The number of aliphatic hydroxyl groups is 1. The Balaban J connectivity index is 2.59. The van der Waals surface area contributed by atoms with Gasteiger partial charge in [0.2, 0.25) is 0 Å². The van der Waals surface area contributed by atoms with Gasteiger partial charge in [-0.1, -0.05) is 13.8 Å². The summed E-state index contributed by atoms with van der Waals surface area (Å²) in [6.07, 6.45) is -2.08. The normalized spacial score (nSPS) is 34.1. The van der Waals surface area contributed by atoms with Gasteiger partial charge in [-0.05, 0) is 0 Å². The van der Waals surface area contributed by atoms with Gasteiger partial charge in [0.25, 0.3) is 0 Å². The summed E-state index contributed by atoms with van der Waals surface area (Å²) in [6.45, 7) is 2.66. The van der Waals surface area contributed by atoms with Crippen LogP contribution in [-0.4, -0.2) is 52.5 Å². The van der Waals surface area contributed by atoms with E-state index in [1.165, 1.54) is 0 Å². The third-order valence-electron chi connectivity index (χ3n) is 2.78. The molecule has 0 bridgehead atoms. The highest BCUT2D eigenvalue weighted by atomic mass is 31.3. The summed E-state index contributed by atoms with van der Waals surface area (Å²) >= 11 is 0. The topological polar surface area (TPSA) is 143 Å². The van der Waals surface area contributed by atoms with Gasteiger partial charge in [0.05, 0.1) is 12.7 Å². The van der Waals surface area contributed by atoms with Gasteiger partial charge < -0.3 is 24.5 Å². The number of hydrogen-bond donors (Lipinski definition) is 4. The Morgan fingerprint density at radius 3 is 2.21 bits per heavy atom. The molecule has 0 aliphatic carbocycles. The fourth-order valence-corrected chi connectivity index (χ4v) is 3.14. The average molecular weight is 316 g/mol. The zero-order chi connectivity index (χ0) is 15.1. The number of ether oxygens (including phenoxy) is 1. The van der Waals surface area contributed by atoms with Crippen LogP contribution in [-0.2, 0) is 22.7 Å². The molecular formula is C7H15BO9P2. The number of aliphatic hydroxyl groups excluding tert-OH is 1. The van der Waals surface area contributed by atoms with Gasteiger partial charge in [-0.25, -0.2) is 9.13 Å². The Morgan fingerprint density at radius 2 is 1.84 bits per heavy atom. The van der Waals surface area contributed by atoms with Crippen molar-refractivity contribution < 1.29 is 42.5 Å². The molecule has 2 radical (unpaired) electrons. The largest absolute Gasteiger partial charge is 0.481 e. The van der Waals surface area contributed by atoms with Crippen LogP contribution in [0.25, 0.3) is 0 Å². The molecular weight excluding hydrogens is 301 g/mol. The van der Waals surface area contributed by atoms with E-state index in [4.69, 9.17) is 27.3 Å². The first kappa shape index (κ1) is 17.3. The van der Waals surface area contributed by atoms with Gasteiger partial charge in [-0.3, -0.25) is 4.52 Å². The van der Waals surface area contributed by atoms with E-state index in [1.54, 1.807) is 13.8 Å². The van der Waals surface area contributed by atoms with Gasteiger partial charge in [0, 0.05) is 11.4 Å². The summed E-state index contributed by atoms with van der Waals surface area (Å²) in [5.41, 5.74) is -0.794. The first-order valence-corrected chi connectivity index (χ1v) is 8.21. The standard InChI is InChI=1S/C7H15BO9P2/c1-7(2)5(9)4(16-6(7)8)3-15-19(13,14)17-18(10,11)12/h4-6,9H,3H2,1-2H3,(H,13,14)(H2,10,11,12)/t4-,5-,6?/m1/s1. The zero-order valence-electron chi connectivity index (χ0n) is 10.2. The lowest BCUT2D eigenvalue weighted by Crippen LogP contribution is -2.37. The Bertz CT molecular complexity index is 421. The van der Waals surface area contributed by atoms with Crippen molar-refractivity contribution in [3.05, 3.63) is 0 Å². The van der Waals surface area contributed by atoms with Crippen molar-refractivity contribution in [3.8, 4) is 0 Å². The Labute approximate surface area is 111 Å². The molecule has 1 aliphatic heterocycles. The Hall–Kier alpha value is 0.245. The van der Waals surface area contributed by atoms with Gasteiger partial charge in [-0.15, -0.1) is 0 Å². The maximum atomic E-state index is 11.2. The molecule has 0 saturated carbocycles. The van der Waals surface area contributed by atoms with Crippen LogP contribution in [0.4, 0.5) is 0 Å². The molecule has 0 aromatic heterocycles. The van der Waals surface area contributed by atoms with E-state index in [-0.39, 0.29) is 0 Å². The van der Waals surface area contributed by atoms with E-state index in [0.29, 0.717) is 0 Å². The molecule has 2 unspecified atom stereocenters. The van der Waals surface area contributed by atoms with E-state index in [1.807, 2.05) is 0 Å². The highest BCUT2D eigenvalue weighted by Gasteiger charge is 2.48. The molecule has 4 N–H and O–H groups in total. The first-order valence-electron chi connectivity index (χ1n) is 5.18. The average Bonchev–Trinajstić information content (AvgIpc) is 2.36. The molecule has 0 spiro atoms. The zero-order valence-corrected chi connectivity index (χ0v) is 12.0. The van der Waals surface area contributed by atoms with E-state index >= 15 is 0 Å². The molecule has 12 heteroatoms. The van der Waals surface area contributed by atoms with E-state index in [0.717, 1.165) is 0 Å². The summed E-state index contributed by atoms with van der Waals surface area (Å²) in [5, 5.41) is 9.87. The van der Waals surface area contributed by atoms with Crippen molar-refractivity contribution in [3.63, 3.8) is 0 Å². The van der Waals surface area contributed by atoms with Crippen molar-refractivity contribution in [1.82, 2.24) is 0 Å². The van der Waals surface area contributed by atoms with Gasteiger partial charge >= 0.3 is 15.6 Å². The molecule has 1 saturated heterocycles. The van der Waals surface area contributed by atoms with Gasteiger partial charge in [-0.2, -0.15) is 4.31 Å². The minimum atomic E-state index is -5.17. The molecule has 1 rings (SSSR count). The number of phosphoric acid groups is 2. The molecule has 19 heavy (non-hydrogen) atoms. The molecule has 1 aliphatic rings. The number of phosphoric ester groups is 1. The number of hydrogen-bond acceptors (Lipinski definition) is 6. The van der Waals surface area contributed by atoms with Crippen LogP contribution in [0.1, 0.15) is 13.8 Å². The van der Waals surface area contributed by atoms with Crippen molar-refractivity contribution in [2.75, 3.05) is 6.61 Å². The monoisotopic (exact) mass is 316 g/mol. The number of rotatable bonds is 5. The minimum absolute atomic E-state index is 0.605. The second kappa shape index (κ2) is 5.56. The van der Waals surface area contributed by atoms with Crippen LogP contribution < -0.4 is 0 Å². The third kappa shape index (κ3) is 4.63. The minimum Gasteiger partial charge on any atom is -0.390 e. The predicted octanol–water partition coefficient (Wildman–Crippen LogP) is -0.507. The van der Waals surface area contributed by atoms with Crippen LogP contribution in [0.2, 0.25) is 0 Å². The van der Waals surface area contributed by atoms with Crippen molar-refractivity contribution >= 4 is 23.5 Å². The fraction of sp³-hybridized carbons (Fsp3) is 1.00. The smallest absolute Gasteiger partial charge is 0.390 e. The van der Waals surface area contributed by atoms with Crippen molar-refractivity contribution in [1.29, 1.82) is 0 Å².